The minimum absolute atomic E-state index is 0.128. The number of hydrogen-bond donors (Lipinski definition) is 2. The van der Waals surface area contributed by atoms with E-state index in [4.69, 9.17) is 0 Å². The molecule has 0 spiro atoms. The molecule has 0 bridgehead atoms. The number of aliphatic hydroxyl groups is 1. The summed E-state index contributed by atoms with van der Waals surface area (Å²) in [5.74, 6) is 0. The van der Waals surface area contributed by atoms with Crippen molar-refractivity contribution in [2.75, 3.05) is 13.2 Å². The van der Waals surface area contributed by atoms with Crippen LogP contribution in [0.5, 0.6) is 0 Å². The Labute approximate surface area is 117 Å². The third-order valence-corrected chi connectivity index (χ3v) is 5.69. The number of rotatable bonds is 5. The van der Waals surface area contributed by atoms with Crippen molar-refractivity contribution in [3.63, 3.8) is 0 Å². The fraction of sp³-hybridized carbons (Fsp3) is 0.727. The monoisotopic (exact) mass is 305 g/mol. The van der Waals surface area contributed by atoms with Gasteiger partial charge in [0.15, 0.2) is 0 Å². The van der Waals surface area contributed by atoms with Crippen LogP contribution < -0.4 is 4.72 Å². The Balaban J connectivity index is 2.00. The topological polar surface area (TPSA) is 82.5 Å². The van der Waals surface area contributed by atoms with E-state index >= 15 is 0 Å². The lowest BCUT2D eigenvalue weighted by Gasteiger charge is -2.33. The second kappa shape index (κ2) is 6.27. The van der Waals surface area contributed by atoms with Gasteiger partial charge in [0.1, 0.15) is 5.01 Å². The van der Waals surface area contributed by atoms with Crippen LogP contribution in [0.2, 0.25) is 0 Å². The van der Waals surface area contributed by atoms with Gasteiger partial charge in [-0.05, 0) is 19.8 Å². The van der Waals surface area contributed by atoms with E-state index in [9.17, 15) is 13.5 Å². The molecule has 2 heterocycles. The van der Waals surface area contributed by atoms with Gasteiger partial charge in [-0.25, -0.2) is 4.98 Å². The largest absolute Gasteiger partial charge is 0.395 e. The number of hydrogen-bond acceptors (Lipinski definition) is 5. The highest BCUT2D eigenvalue weighted by Gasteiger charge is 2.31. The van der Waals surface area contributed by atoms with Gasteiger partial charge in [0.2, 0.25) is 0 Å². The van der Waals surface area contributed by atoms with Gasteiger partial charge >= 0.3 is 0 Å². The maximum absolute atomic E-state index is 12.2. The number of thiazole rings is 1. The molecule has 1 aliphatic heterocycles. The molecule has 1 saturated heterocycles. The van der Waals surface area contributed by atoms with Crippen LogP contribution >= 0.6 is 11.3 Å². The van der Waals surface area contributed by atoms with E-state index in [1.54, 1.807) is 6.20 Å². The molecule has 1 atom stereocenters. The molecule has 2 N–H and O–H groups in total. The van der Waals surface area contributed by atoms with E-state index in [-0.39, 0.29) is 19.2 Å². The van der Waals surface area contributed by atoms with Gasteiger partial charge in [0.05, 0.1) is 13.2 Å². The van der Waals surface area contributed by atoms with Crippen LogP contribution in [-0.4, -0.2) is 42.0 Å². The average Bonchev–Trinajstić information content (AvgIpc) is 2.82. The highest BCUT2D eigenvalue weighted by molar-refractivity contribution is 7.87. The second-order valence-corrected chi connectivity index (χ2v) is 7.66. The fourth-order valence-electron chi connectivity index (χ4n) is 2.19. The van der Waals surface area contributed by atoms with Gasteiger partial charge in [-0.15, -0.1) is 11.3 Å². The Morgan fingerprint density at radius 2 is 2.37 bits per heavy atom. The molecule has 0 aromatic carbocycles. The first-order valence-corrected chi connectivity index (χ1v) is 8.57. The fourth-order valence-corrected chi connectivity index (χ4v) is 4.43. The molecule has 6 nitrogen and oxygen atoms in total. The molecule has 1 fully saturated rings. The highest BCUT2D eigenvalue weighted by atomic mass is 32.2. The lowest BCUT2D eigenvalue weighted by atomic mass is 10.1. The molecule has 2 rings (SSSR count). The molecule has 0 amide bonds. The van der Waals surface area contributed by atoms with Gasteiger partial charge in [0, 0.05) is 23.7 Å². The van der Waals surface area contributed by atoms with Crippen molar-refractivity contribution in [1.82, 2.24) is 14.0 Å². The summed E-state index contributed by atoms with van der Waals surface area (Å²) >= 11 is 1.48. The Kier molecular flexibility index (Phi) is 4.91. The van der Waals surface area contributed by atoms with Crippen LogP contribution in [0.1, 0.15) is 29.1 Å². The number of aryl methyl sites for hydroxylation is 1. The summed E-state index contributed by atoms with van der Waals surface area (Å²) in [5, 5.41) is 10.0. The maximum Gasteiger partial charge on any atom is 0.280 e. The van der Waals surface area contributed by atoms with Crippen molar-refractivity contribution in [3.05, 3.63) is 16.1 Å². The summed E-state index contributed by atoms with van der Waals surface area (Å²) in [6.45, 7) is 2.48. The highest BCUT2D eigenvalue weighted by Crippen LogP contribution is 2.20. The molecule has 19 heavy (non-hydrogen) atoms. The van der Waals surface area contributed by atoms with Crippen molar-refractivity contribution in [2.45, 2.75) is 38.8 Å². The summed E-state index contributed by atoms with van der Waals surface area (Å²) in [5.41, 5.74) is 0. The van der Waals surface area contributed by atoms with Crippen LogP contribution in [-0.2, 0) is 16.8 Å². The minimum Gasteiger partial charge on any atom is -0.395 e. The Hall–Kier alpha value is -0.540. The molecule has 1 unspecified atom stereocenters. The first-order chi connectivity index (χ1) is 9.03. The van der Waals surface area contributed by atoms with Crippen molar-refractivity contribution in [2.24, 2.45) is 0 Å². The van der Waals surface area contributed by atoms with E-state index < -0.39 is 10.2 Å². The summed E-state index contributed by atoms with van der Waals surface area (Å²) in [4.78, 5) is 5.18. The zero-order chi connectivity index (χ0) is 13.9. The number of nitrogens with one attached hydrogen (secondary N) is 1. The van der Waals surface area contributed by atoms with Gasteiger partial charge in [-0.1, -0.05) is 6.42 Å². The molecule has 0 radical (unpaired) electrons. The Morgan fingerprint density at radius 1 is 1.58 bits per heavy atom. The molecule has 0 aliphatic carbocycles. The molecule has 1 aliphatic rings. The lowest BCUT2D eigenvalue weighted by Crippen LogP contribution is -2.50. The van der Waals surface area contributed by atoms with E-state index in [1.165, 1.54) is 15.6 Å². The number of nitrogens with zero attached hydrogens (tertiary/aromatic N) is 2. The van der Waals surface area contributed by atoms with Crippen LogP contribution in [0.15, 0.2) is 6.20 Å². The molecular weight excluding hydrogens is 286 g/mol. The van der Waals surface area contributed by atoms with Crippen molar-refractivity contribution < 1.29 is 13.5 Å². The summed E-state index contributed by atoms with van der Waals surface area (Å²) in [6, 6.07) is -0.302. The van der Waals surface area contributed by atoms with Gasteiger partial charge in [-0.3, -0.25) is 0 Å². The van der Waals surface area contributed by atoms with E-state index in [1.807, 2.05) is 6.92 Å². The first kappa shape index (κ1) is 14.9. The number of aliphatic hydroxyl groups excluding tert-OH is 1. The summed E-state index contributed by atoms with van der Waals surface area (Å²) < 4.78 is 28.4. The molecule has 1 aromatic rings. The molecule has 1 aromatic heterocycles. The van der Waals surface area contributed by atoms with E-state index in [0.717, 1.165) is 22.7 Å². The summed E-state index contributed by atoms with van der Waals surface area (Å²) in [6.07, 6.45) is 4.25. The predicted octanol–water partition coefficient (Wildman–Crippen LogP) is 0.633. The smallest absolute Gasteiger partial charge is 0.280 e. The quantitative estimate of drug-likeness (QED) is 0.836. The number of piperidine rings is 1. The molecule has 108 valence electrons. The third-order valence-electron chi connectivity index (χ3n) is 3.17. The minimum atomic E-state index is -3.54. The van der Waals surface area contributed by atoms with Gasteiger partial charge in [0.25, 0.3) is 10.2 Å². The third kappa shape index (κ3) is 3.73. The standard InChI is InChI=1S/C11H19N3O3S2/c1-9-6-12-11(18-9)7-13-19(16,17)14-5-3-2-4-10(14)8-15/h6,10,13,15H,2-5,7-8H2,1H3. The lowest BCUT2D eigenvalue weighted by molar-refractivity contribution is 0.154. The van der Waals surface area contributed by atoms with Crippen LogP contribution in [0.4, 0.5) is 0 Å². The zero-order valence-corrected chi connectivity index (χ0v) is 12.5. The van der Waals surface area contributed by atoms with Crippen molar-refractivity contribution in [1.29, 1.82) is 0 Å². The number of aromatic nitrogens is 1. The summed E-state index contributed by atoms with van der Waals surface area (Å²) in [7, 11) is -3.54. The first-order valence-electron chi connectivity index (χ1n) is 6.31. The molecular formula is C11H19N3O3S2. The normalized spacial score (nSPS) is 21.7. The van der Waals surface area contributed by atoms with Crippen LogP contribution in [0.25, 0.3) is 0 Å². The Bertz CT molecular complexity index is 515. The average molecular weight is 305 g/mol. The van der Waals surface area contributed by atoms with E-state index in [2.05, 4.69) is 9.71 Å². The zero-order valence-electron chi connectivity index (χ0n) is 10.9. The van der Waals surface area contributed by atoms with Crippen molar-refractivity contribution in [3.8, 4) is 0 Å². The van der Waals surface area contributed by atoms with Crippen LogP contribution in [0.3, 0.4) is 0 Å². The van der Waals surface area contributed by atoms with Gasteiger partial charge < -0.3 is 5.11 Å². The van der Waals surface area contributed by atoms with Crippen molar-refractivity contribution >= 4 is 21.5 Å². The Morgan fingerprint density at radius 3 is 3.00 bits per heavy atom. The second-order valence-electron chi connectivity index (χ2n) is 4.63. The van der Waals surface area contributed by atoms with Crippen LogP contribution in [0, 0.1) is 6.92 Å². The van der Waals surface area contributed by atoms with Gasteiger partial charge in [-0.2, -0.15) is 17.4 Å². The van der Waals surface area contributed by atoms with E-state index in [0.29, 0.717) is 13.0 Å². The molecule has 8 heteroatoms. The molecule has 0 saturated carbocycles. The SMILES string of the molecule is Cc1cnc(CNS(=O)(=O)N2CCCCC2CO)s1. The predicted molar refractivity (Wildman–Crippen MR) is 74.0 cm³/mol. The maximum atomic E-state index is 12.2.